The van der Waals surface area contributed by atoms with Crippen LogP contribution in [0.1, 0.15) is 125 Å². The SMILES string of the molecule is Cc1ccc(N(c2ccc(C(C)(C)C)cc2)c2ccc3c(c2)C(C)(C)c2c4c(c5c(oc6ccccc65)c2-3)-c2ccc(N(c3ccc(C(C)(C)C)cc3)c3ccc(C)cc3C)cc2C4(C)C)c(C)c1. The van der Waals surface area contributed by atoms with Gasteiger partial charge in [0, 0.05) is 61.3 Å². The summed E-state index contributed by atoms with van der Waals surface area (Å²) in [6, 6.07) is 55.2. The van der Waals surface area contributed by atoms with Crippen LogP contribution in [0, 0.1) is 27.7 Å². The topological polar surface area (TPSA) is 19.6 Å². The third-order valence-corrected chi connectivity index (χ3v) is 15.7. The molecule has 2 aliphatic rings. The monoisotopic (exact) mass is 903 g/mol. The number of fused-ring (bicyclic) bond motifs is 12. The van der Waals surface area contributed by atoms with E-state index in [0.29, 0.717) is 0 Å². The van der Waals surface area contributed by atoms with E-state index in [9.17, 15) is 0 Å². The second-order valence-corrected chi connectivity index (χ2v) is 23.4. The van der Waals surface area contributed by atoms with Crippen LogP contribution in [-0.2, 0) is 21.7 Å². The molecular weight excluding hydrogens is 837 g/mol. The summed E-state index contributed by atoms with van der Waals surface area (Å²) < 4.78 is 7.15. The number of furan rings is 1. The van der Waals surface area contributed by atoms with Crippen LogP contribution >= 0.6 is 0 Å². The smallest absolute Gasteiger partial charge is 0.144 e. The Morgan fingerprint density at radius 1 is 0.435 bits per heavy atom. The van der Waals surface area contributed by atoms with Gasteiger partial charge in [-0.1, -0.05) is 159 Å². The molecule has 69 heavy (non-hydrogen) atoms. The number of hydrogen-bond acceptors (Lipinski definition) is 3. The van der Waals surface area contributed by atoms with Crippen molar-refractivity contribution in [2.75, 3.05) is 9.80 Å². The Hall–Kier alpha value is -6.84. The molecule has 8 aromatic carbocycles. The first-order chi connectivity index (χ1) is 32.6. The van der Waals surface area contributed by atoms with E-state index in [-0.39, 0.29) is 21.7 Å². The molecule has 0 fully saturated rings. The number of rotatable bonds is 6. The number of nitrogens with zero attached hydrogens (tertiary/aromatic N) is 2. The minimum atomic E-state index is -0.357. The first kappa shape index (κ1) is 44.7. The molecular formula is C66H66N2O. The highest BCUT2D eigenvalue weighted by Crippen LogP contribution is 2.64. The number of anilines is 6. The molecule has 2 aliphatic carbocycles. The van der Waals surface area contributed by atoms with Gasteiger partial charge in [-0.15, -0.1) is 0 Å². The molecule has 0 N–H and O–H groups in total. The summed E-state index contributed by atoms with van der Waals surface area (Å²) in [5.74, 6) is 0. The van der Waals surface area contributed by atoms with E-state index in [1.807, 2.05) is 0 Å². The molecule has 0 radical (unpaired) electrons. The average molecular weight is 903 g/mol. The molecule has 1 heterocycles. The molecule has 3 nitrogen and oxygen atoms in total. The van der Waals surface area contributed by atoms with Crippen molar-refractivity contribution in [1.29, 1.82) is 0 Å². The third kappa shape index (κ3) is 6.90. The fourth-order valence-corrected chi connectivity index (χ4v) is 12.0. The third-order valence-electron chi connectivity index (χ3n) is 15.7. The lowest BCUT2D eigenvalue weighted by molar-refractivity contribution is 0.590. The molecule has 3 heteroatoms. The van der Waals surface area contributed by atoms with Crippen molar-refractivity contribution in [2.24, 2.45) is 0 Å². The van der Waals surface area contributed by atoms with Crippen molar-refractivity contribution >= 4 is 56.1 Å². The lowest BCUT2D eigenvalue weighted by Crippen LogP contribution is -2.24. The molecule has 11 rings (SSSR count). The first-order valence-corrected chi connectivity index (χ1v) is 24.9. The molecule has 1 aromatic heterocycles. The maximum atomic E-state index is 7.15. The number of aryl methyl sites for hydroxylation is 4. The second-order valence-electron chi connectivity index (χ2n) is 23.4. The van der Waals surface area contributed by atoms with E-state index in [4.69, 9.17) is 4.42 Å². The van der Waals surface area contributed by atoms with E-state index in [1.54, 1.807) is 0 Å². The zero-order valence-electron chi connectivity index (χ0n) is 43.2. The quantitative estimate of drug-likeness (QED) is 0.166. The first-order valence-electron chi connectivity index (χ1n) is 24.9. The number of benzene rings is 8. The van der Waals surface area contributed by atoms with E-state index < -0.39 is 0 Å². The van der Waals surface area contributed by atoms with Crippen molar-refractivity contribution < 1.29 is 4.42 Å². The molecule has 346 valence electrons. The van der Waals surface area contributed by atoms with Gasteiger partial charge in [-0.05, 0) is 166 Å². The second kappa shape index (κ2) is 15.3. The van der Waals surface area contributed by atoms with E-state index in [0.717, 1.165) is 39.3 Å². The van der Waals surface area contributed by atoms with Gasteiger partial charge in [-0.25, -0.2) is 0 Å². The highest BCUT2D eigenvalue weighted by molar-refractivity contribution is 6.21. The molecule has 0 spiro atoms. The van der Waals surface area contributed by atoms with E-state index in [1.165, 1.54) is 94.6 Å². The van der Waals surface area contributed by atoms with Gasteiger partial charge in [0.25, 0.3) is 0 Å². The maximum Gasteiger partial charge on any atom is 0.144 e. The summed E-state index contributed by atoms with van der Waals surface area (Å²) in [6.07, 6.45) is 0. The number of para-hydroxylation sites is 1. The summed E-state index contributed by atoms with van der Waals surface area (Å²) in [6.45, 7) is 32.4. The van der Waals surface area contributed by atoms with Crippen LogP contribution in [0.2, 0.25) is 0 Å². The predicted octanol–water partition coefficient (Wildman–Crippen LogP) is 19.0. The maximum absolute atomic E-state index is 7.15. The van der Waals surface area contributed by atoms with Crippen LogP contribution in [0.25, 0.3) is 44.2 Å². The minimum Gasteiger partial charge on any atom is -0.455 e. The van der Waals surface area contributed by atoms with Crippen molar-refractivity contribution in [3.8, 4) is 22.3 Å². The summed E-state index contributed by atoms with van der Waals surface area (Å²) in [7, 11) is 0. The average Bonchev–Trinajstić information content (AvgIpc) is 3.87. The van der Waals surface area contributed by atoms with E-state index >= 15 is 0 Å². The van der Waals surface area contributed by atoms with Crippen LogP contribution in [0.3, 0.4) is 0 Å². The van der Waals surface area contributed by atoms with Crippen molar-refractivity contribution in [3.05, 3.63) is 201 Å². The molecule has 0 aliphatic heterocycles. The van der Waals surface area contributed by atoms with E-state index in [2.05, 4.69) is 252 Å². The highest BCUT2D eigenvalue weighted by Gasteiger charge is 2.49. The Morgan fingerprint density at radius 2 is 0.855 bits per heavy atom. The van der Waals surface area contributed by atoms with Crippen molar-refractivity contribution in [3.63, 3.8) is 0 Å². The molecule has 0 saturated carbocycles. The van der Waals surface area contributed by atoms with Crippen LogP contribution < -0.4 is 9.80 Å². The molecule has 0 saturated heterocycles. The van der Waals surface area contributed by atoms with Gasteiger partial charge in [0.15, 0.2) is 0 Å². The Labute approximate surface area is 410 Å². The number of hydrogen-bond donors (Lipinski definition) is 0. The normalized spacial score (nSPS) is 14.5. The summed E-state index contributed by atoms with van der Waals surface area (Å²) in [5.41, 5.74) is 26.5. The van der Waals surface area contributed by atoms with Crippen LogP contribution in [0.5, 0.6) is 0 Å². The summed E-state index contributed by atoms with van der Waals surface area (Å²) in [5, 5.41) is 2.38. The van der Waals surface area contributed by atoms with Gasteiger partial charge in [-0.2, -0.15) is 0 Å². The Bertz CT molecular complexity index is 3550. The molecule has 0 unspecified atom stereocenters. The van der Waals surface area contributed by atoms with Gasteiger partial charge >= 0.3 is 0 Å². The summed E-state index contributed by atoms with van der Waals surface area (Å²) in [4.78, 5) is 4.93. The van der Waals surface area contributed by atoms with Gasteiger partial charge < -0.3 is 14.2 Å². The van der Waals surface area contributed by atoms with Gasteiger partial charge in [0.05, 0.1) is 0 Å². The Balaban J connectivity index is 1.13. The van der Waals surface area contributed by atoms with Gasteiger partial charge in [-0.3, -0.25) is 0 Å². The largest absolute Gasteiger partial charge is 0.455 e. The van der Waals surface area contributed by atoms with Crippen molar-refractivity contribution in [1.82, 2.24) is 0 Å². The van der Waals surface area contributed by atoms with Crippen LogP contribution in [-0.4, -0.2) is 0 Å². The molecule has 9 aromatic rings. The standard InChI is InChI=1S/C66H66N2O/c1-39-19-33-54(41(3)35-39)67(45-25-21-43(22-26-45)63(5,6)7)47-29-31-49-52(37-47)65(11,12)60-57(49)58-51-17-15-16-18-56(51)69-62(58)59-50-32-30-48(38-53(50)66(13,14)61(59)60)68(55-34-20-40(2)36-42(55)4)46-27-23-44(24-28-46)64(8,9)10/h15-38H,1-14H3. The fraction of sp³-hybridized carbons (Fsp3) is 0.273. The Morgan fingerprint density at radius 3 is 1.30 bits per heavy atom. The Kier molecular flexibility index (Phi) is 9.92. The summed E-state index contributed by atoms with van der Waals surface area (Å²) >= 11 is 0. The van der Waals surface area contributed by atoms with Gasteiger partial charge in [0.1, 0.15) is 11.2 Å². The van der Waals surface area contributed by atoms with Crippen LogP contribution in [0.15, 0.2) is 150 Å². The zero-order valence-corrected chi connectivity index (χ0v) is 43.2. The lowest BCUT2D eigenvalue weighted by atomic mass is 9.72. The fourth-order valence-electron chi connectivity index (χ4n) is 12.0. The predicted molar refractivity (Wildman–Crippen MR) is 295 cm³/mol. The molecule has 0 amide bonds. The highest BCUT2D eigenvalue weighted by atomic mass is 16.3. The lowest BCUT2D eigenvalue weighted by Gasteiger charge is -2.32. The minimum absolute atomic E-state index is 0.0572. The van der Waals surface area contributed by atoms with Crippen molar-refractivity contribution in [2.45, 2.75) is 119 Å². The molecule has 0 bridgehead atoms. The molecule has 0 atom stereocenters. The van der Waals surface area contributed by atoms with Crippen LogP contribution in [0.4, 0.5) is 34.1 Å². The zero-order chi connectivity index (χ0) is 48.7. The van der Waals surface area contributed by atoms with Gasteiger partial charge in [0.2, 0.25) is 0 Å².